The molecule has 1 amide bonds. The lowest BCUT2D eigenvalue weighted by Crippen LogP contribution is -2.15. The molecule has 3 N–H and O–H groups in total. The summed E-state index contributed by atoms with van der Waals surface area (Å²) >= 11 is 0. The van der Waals surface area contributed by atoms with Crippen LogP contribution in [-0.2, 0) is 11.2 Å². The molecule has 0 radical (unpaired) electrons. The van der Waals surface area contributed by atoms with Gasteiger partial charge in [0.15, 0.2) is 0 Å². The molecule has 0 heterocycles. The lowest BCUT2D eigenvalue weighted by atomic mass is 10.1. The molecule has 0 spiro atoms. The minimum atomic E-state index is -0.658. The number of nitriles is 1. The van der Waals surface area contributed by atoms with Crippen molar-refractivity contribution in [3.05, 3.63) is 59.4 Å². The van der Waals surface area contributed by atoms with E-state index in [9.17, 15) is 9.18 Å². The van der Waals surface area contributed by atoms with Gasteiger partial charge in [0.05, 0.1) is 12.1 Å². The van der Waals surface area contributed by atoms with Gasteiger partial charge >= 0.3 is 0 Å². The summed E-state index contributed by atoms with van der Waals surface area (Å²) in [6, 6.07) is 12.8. The van der Waals surface area contributed by atoms with Gasteiger partial charge in [-0.1, -0.05) is 18.2 Å². The van der Waals surface area contributed by atoms with Gasteiger partial charge < -0.3 is 11.1 Å². The molecule has 0 unspecified atom stereocenters. The van der Waals surface area contributed by atoms with Crippen LogP contribution in [0.2, 0.25) is 0 Å². The molecule has 0 atom stereocenters. The van der Waals surface area contributed by atoms with Gasteiger partial charge in [0.1, 0.15) is 17.4 Å². The third kappa shape index (κ3) is 3.12. The summed E-state index contributed by atoms with van der Waals surface area (Å²) < 4.78 is 13.4. The Morgan fingerprint density at radius 3 is 2.75 bits per heavy atom. The normalized spacial score (nSPS) is 9.80. The zero-order valence-corrected chi connectivity index (χ0v) is 10.6. The molecule has 0 aliphatic heterocycles. The van der Waals surface area contributed by atoms with Crippen LogP contribution in [0.4, 0.5) is 15.8 Å². The van der Waals surface area contributed by atoms with E-state index >= 15 is 0 Å². The van der Waals surface area contributed by atoms with Gasteiger partial charge in [0, 0.05) is 5.69 Å². The van der Waals surface area contributed by atoms with Crippen molar-refractivity contribution >= 4 is 17.3 Å². The van der Waals surface area contributed by atoms with E-state index in [2.05, 4.69) is 5.32 Å². The van der Waals surface area contributed by atoms with Gasteiger partial charge in [0.2, 0.25) is 5.91 Å². The maximum absolute atomic E-state index is 13.4. The van der Waals surface area contributed by atoms with Crippen LogP contribution < -0.4 is 11.1 Å². The first kappa shape index (κ1) is 13.6. The minimum Gasteiger partial charge on any atom is -0.399 e. The number of carbonyl (C=O) groups is 1. The Kier molecular flexibility index (Phi) is 3.96. The quantitative estimate of drug-likeness (QED) is 0.840. The van der Waals surface area contributed by atoms with Crippen molar-refractivity contribution in [2.75, 3.05) is 11.1 Å². The van der Waals surface area contributed by atoms with E-state index in [0.29, 0.717) is 5.69 Å². The van der Waals surface area contributed by atoms with Crippen LogP contribution in [0, 0.1) is 17.1 Å². The van der Waals surface area contributed by atoms with E-state index in [1.807, 2.05) is 0 Å². The number of anilines is 2. The molecule has 4 nitrogen and oxygen atoms in total. The second kappa shape index (κ2) is 5.85. The van der Waals surface area contributed by atoms with Crippen LogP contribution in [0.15, 0.2) is 42.5 Å². The monoisotopic (exact) mass is 269 g/mol. The lowest BCUT2D eigenvalue weighted by molar-refractivity contribution is -0.115. The molecule has 20 heavy (non-hydrogen) atoms. The number of amides is 1. The highest BCUT2D eigenvalue weighted by atomic mass is 19.1. The van der Waals surface area contributed by atoms with Gasteiger partial charge in [-0.15, -0.1) is 0 Å². The number of carbonyl (C=O) groups excluding carboxylic acids is 1. The predicted octanol–water partition coefficient (Wildman–Crippen LogP) is 2.46. The Hall–Kier alpha value is -2.87. The van der Waals surface area contributed by atoms with E-state index < -0.39 is 5.82 Å². The van der Waals surface area contributed by atoms with E-state index in [-0.39, 0.29) is 23.6 Å². The average molecular weight is 269 g/mol. The van der Waals surface area contributed by atoms with Crippen molar-refractivity contribution in [2.45, 2.75) is 6.42 Å². The SMILES string of the molecule is N#Cc1c(F)cccc1NC(=O)Cc1cccc(N)c1. The standard InChI is InChI=1S/C15H12FN3O/c16-13-5-2-6-14(12(13)9-17)19-15(20)8-10-3-1-4-11(18)7-10/h1-7H,8,18H2,(H,19,20). The number of hydrogen-bond donors (Lipinski definition) is 2. The molecule has 0 saturated carbocycles. The molecule has 2 rings (SSSR count). The molecule has 0 saturated heterocycles. The third-order valence-corrected chi connectivity index (χ3v) is 2.72. The first-order valence-corrected chi connectivity index (χ1v) is 5.93. The summed E-state index contributed by atoms with van der Waals surface area (Å²) in [5.41, 5.74) is 6.94. The molecule has 100 valence electrons. The first-order valence-electron chi connectivity index (χ1n) is 5.93. The van der Waals surface area contributed by atoms with Gasteiger partial charge in [0.25, 0.3) is 0 Å². The second-order valence-corrected chi connectivity index (χ2v) is 4.24. The number of hydrogen-bond acceptors (Lipinski definition) is 3. The van der Waals surface area contributed by atoms with Crippen molar-refractivity contribution in [1.29, 1.82) is 5.26 Å². The second-order valence-electron chi connectivity index (χ2n) is 4.24. The van der Waals surface area contributed by atoms with E-state index in [4.69, 9.17) is 11.0 Å². The number of rotatable bonds is 3. The molecule has 0 aliphatic carbocycles. The Balaban J connectivity index is 2.13. The zero-order valence-electron chi connectivity index (χ0n) is 10.6. The summed E-state index contributed by atoms with van der Waals surface area (Å²) in [5, 5.41) is 11.4. The third-order valence-electron chi connectivity index (χ3n) is 2.72. The van der Waals surface area contributed by atoms with Gasteiger partial charge in [-0.2, -0.15) is 5.26 Å². The Labute approximate surface area is 115 Å². The molecule has 0 bridgehead atoms. The van der Waals surface area contributed by atoms with Crippen LogP contribution in [-0.4, -0.2) is 5.91 Å². The van der Waals surface area contributed by atoms with E-state index in [1.165, 1.54) is 18.2 Å². The van der Waals surface area contributed by atoms with E-state index in [1.54, 1.807) is 30.3 Å². The predicted molar refractivity (Wildman–Crippen MR) is 74.3 cm³/mol. The number of nitrogens with one attached hydrogen (secondary N) is 1. The van der Waals surface area contributed by atoms with Crippen LogP contribution in [0.25, 0.3) is 0 Å². The number of nitrogen functional groups attached to an aromatic ring is 1. The summed E-state index contributed by atoms with van der Waals surface area (Å²) in [4.78, 5) is 11.9. The highest BCUT2D eigenvalue weighted by Gasteiger charge is 2.11. The minimum absolute atomic E-state index is 0.104. The van der Waals surface area contributed by atoms with Crippen molar-refractivity contribution in [3.63, 3.8) is 0 Å². The number of halogens is 1. The molecular weight excluding hydrogens is 257 g/mol. The first-order chi connectivity index (χ1) is 9.60. The molecule has 0 fully saturated rings. The molecule has 0 aromatic heterocycles. The van der Waals surface area contributed by atoms with Crippen LogP contribution in [0.5, 0.6) is 0 Å². The highest BCUT2D eigenvalue weighted by molar-refractivity contribution is 5.93. The summed E-state index contributed by atoms with van der Waals surface area (Å²) in [5.74, 6) is -0.994. The van der Waals surface area contributed by atoms with Crippen molar-refractivity contribution < 1.29 is 9.18 Å². The smallest absolute Gasteiger partial charge is 0.228 e. The van der Waals surface area contributed by atoms with Gasteiger partial charge in [-0.25, -0.2) is 4.39 Å². The highest BCUT2D eigenvalue weighted by Crippen LogP contribution is 2.18. The van der Waals surface area contributed by atoms with Crippen molar-refractivity contribution in [2.24, 2.45) is 0 Å². The maximum atomic E-state index is 13.4. The fourth-order valence-corrected chi connectivity index (χ4v) is 1.82. The van der Waals surface area contributed by atoms with Gasteiger partial charge in [-0.3, -0.25) is 4.79 Å². The number of nitrogens with zero attached hydrogens (tertiary/aromatic N) is 1. The molecule has 0 aliphatic rings. The number of benzene rings is 2. The summed E-state index contributed by atoms with van der Waals surface area (Å²) in [6.07, 6.45) is 0.104. The summed E-state index contributed by atoms with van der Waals surface area (Å²) in [7, 11) is 0. The van der Waals surface area contributed by atoms with E-state index in [0.717, 1.165) is 5.56 Å². The number of nitrogens with two attached hydrogens (primary N) is 1. The Morgan fingerprint density at radius 1 is 1.30 bits per heavy atom. The topological polar surface area (TPSA) is 78.9 Å². The molecule has 2 aromatic carbocycles. The van der Waals surface area contributed by atoms with Crippen LogP contribution >= 0.6 is 0 Å². The lowest BCUT2D eigenvalue weighted by Gasteiger charge is -2.08. The largest absolute Gasteiger partial charge is 0.399 e. The van der Waals surface area contributed by atoms with Crippen LogP contribution in [0.3, 0.4) is 0 Å². The fourth-order valence-electron chi connectivity index (χ4n) is 1.82. The average Bonchev–Trinajstić information content (AvgIpc) is 2.38. The van der Waals surface area contributed by atoms with Gasteiger partial charge in [-0.05, 0) is 29.8 Å². The Morgan fingerprint density at radius 2 is 2.05 bits per heavy atom. The molecular formula is C15H12FN3O. The summed E-state index contributed by atoms with van der Waals surface area (Å²) in [6.45, 7) is 0. The molecule has 2 aromatic rings. The maximum Gasteiger partial charge on any atom is 0.228 e. The fraction of sp³-hybridized carbons (Fsp3) is 0.0667. The van der Waals surface area contributed by atoms with Crippen molar-refractivity contribution in [3.8, 4) is 6.07 Å². The zero-order chi connectivity index (χ0) is 14.5. The van der Waals surface area contributed by atoms with Crippen molar-refractivity contribution in [1.82, 2.24) is 0 Å². The Bertz CT molecular complexity index is 692. The molecule has 5 heteroatoms. The van der Waals surface area contributed by atoms with Crippen LogP contribution in [0.1, 0.15) is 11.1 Å².